The van der Waals surface area contributed by atoms with E-state index in [4.69, 9.17) is 4.74 Å². The molecule has 1 amide bonds. The molecule has 1 aromatic carbocycles. The summed E-state index contributed by atoms with van der Waals surface area (Å²) in [5, 5.41) is 13.3. The molecule has 21 heavy (non-hydrogen) atoms. The van der Waals surface area contributed by atoms with Gasteiger partial charge in [-0.2, -0.15) is 0 Å². The number of amides is 1. The molecule has 0 radical (unpaired) electrons. The molecule has 0 aromatic heterocycles. The molecule has 5 nitrogen and oxygen atoms in total. The van der Waals surface area contributed by atoms with Crippen molar-refractivity contribution in [3.63, 3.8) is 0 Å². The lowest BCUT2D eigenvalue weighted by Crippen LogP contribution is -2.51. The first-order valence-electron chi connectivity index (χ1n) is 7.04. The highest BCUT2D eigenvalue weighted by Gasteiger charge is 2.18. The molecule has 1 atom stereocenters. The maximum atomic E-state index is 11.8. The first-order valence-corrected chi connectivity index (χ1v) is 7.04. The highest BCUT2D eigenvalue weighted by atomic mass is 16.5. The molecule has 0 aliphatic heterocycles. The third-order valence-electron chi connectivity index (χ3n) is 3.14. The summed E-state index contributed by atoms with van der Waals surface area (Å²) < 4.78 is 5.50. The number of para-hydroxylation sites is 1. The second-order valence-electron chi connectivity index (χ2n) is 5.59. The Morgan fingerprint density at radius 2 is 1.81 bits per heavy atom. The number of aliphatic carboxylic acids is 1. The predicted molar refractivity (Wildman–Crippen MR) is 77.8 cm³/mol. The summed E-state index contributed by atoms with van der Waals surface area (Å²) >= 11 is 0. The van der Waals surface area contributed by atoms with Crippen LogP contribution >= 0.6 is 0 Å². The van der Waals surface area contributed by atoms with E-state index in [-0.39, 0.29) is 18.4 Å². The average Bonchev–Trinajstić information content (AvgIpc) is 2.42. The molecule has 0 bridgehead atoms. The van der Waals surface area contributed by atoms with E-state index in [9.17, 15) is 14.7 Å². The Kier molecular flexibility index (Phi) is 6.21. The van der Waals surface area contributed by atoms with Crippen LogP contribution in [0.15, 0.2) is 24.3 Å². The van der Waals surface area contributed by atoms with Gasteiger partial charge in [-0.1, -0.05) is 45.9 Å². The summed E-state index contributed by atoms with van der Waals surface area (Å²) in [6.45, 7) is 7.26. The monoisotopic (exact) mass is 292 g/mol. The van der Waals surface area contributed by atoms with Gasteiger partial charge in [0.1, 0.15) is 5.75 Å². The number of carboxylic acids is 1. The van der Waals surface area contributed by atoms with E-state index in [0.29, 0.717) is 5.75 Å². The molecular weight excluding hydrogens is 270 g/mol. The van der Waals surface area contributed by atoms with E-state index in [1.165, 1.54) is 0 Å². The zero-order valence-electron chi connectivity index (χ0n) is 12.9. The first-order chi connectivity index (χ1) is 9.82. The Bertz CT molecular complexity index is 497. The number of hydrogen-bond acceptors (Lipinski definition) is 4. The van der Waals surface area contributed by atoms with Gasteiger partial charge >= 0.3 is 0 Å². The maximum absolute atomic E-state index is 11.8. The first kappa shape index (κ1) is 17.0. The zero-order chi connectivity index (χ0) is 16.0. The van der Waals surface area contributed by atoms with Crippen molar-refractivity contribution >= 4 is 11.9 Å². The van der Waals surface area contributed by atoms with Crippen LogP contribution in [0, 0.1) is 5.92 Å². The van der Waals surface area contributed by atoms with Gasteiger partial charge in [0.25, 0.3) is 5.91 Å². The summed E-state index contributed by atoms with van der Waals surface area (Å²) in [6.07, 6.45) is 0. The summed E-state index contributed by atoms with van der Waals surface area (Å²) in [7, 11) is 0. The number of rotatable bonds is 7. The third-order valence-corrected chi connectivity index (χ3v) is 3.14. The van der Waals surface area contributed by atoms with E-state index in [1.54, 1.807) is 19.9 Å². The minimum atomic E-state index is -1.29. The van der Waals surface area contributed by atoms with Gasteiger partial charge in [0.2, 0.25) is 0 Å². The minimum Gasteiger partial charge on any atom is -0.548 e. The second-order valence-corrected chi connectivity index (χ2v) is 5.59. The second kappa shape index (κ2) is 7.67. The molecule has 1 N–H and O–H groups in total. The van der Waals surface area contributed by atoms with Crippen molar-refractivity contribution in [2.24, 2.45) is 5.92 Å². The standard InChI is InChI=1S/C16H23NO4/c1-10(2)12-7-5-6-8-13(12)21-9-14(18)17-15(11(3)4)16(19)20/h5-8,10-11,15H,9H2,1-4H3,(H,17,18)(H,19,20)/p-1/t15-/m1/s1. The lowest BCUT2D eigenvalue weighted by Gasteiger charge is -2.23. The number of carbonyl (C=O) groups excluding carboxylic acids is 2. The van der Waals surface area contributed by atoms with Crippen LogP contribution in [0.3, 0.4) is 0 Å². The Hall–Kier alpha value is -2.04. The van der Waals surface area contributed by atoms with E-state index < -0.39 is 17.9 Å². The molecule has 0 unspecified atom stereocenters. The van der Waals surface area contributed by atoms with E-state index >= 15 is 0 Å². The van der Waals surface area contributed by atoms with Crippen molar-refractivity contribution in [3.8, 4) is 5.75 Å². The third kappa shape index (κ3) is 5.10. The number of carbonyl (C=O) groups is 2. The molecule has 0 spiro atoms. The van der Waals surface area contributed by atoms with E-state index in [2.05, 4.69) is 5.32 Å². The van der Waals surface area contributed by atoms with Gasteiger partial charge in [0.05, 0.1) is 12.0 Å². The smallest absolute Gasteiger partial charge is 0.258 e. The Labute approximate surface area is 125 Å². The lowest BCUT2D eigenvalue weighted by molar-refractivity contribution is -0.309. The fraction of sp³-hybridized carbons (Fsp3) is 0.500. The molecule has 0 aliphatic rings. The normalized spacial score (nSPS) is 12.3. The summed E-state index contributed by atoms with van der Waals surface area (Å²) in [4.78, 5) is 22.7. The Morgan fingerprint density at radius 3 is 2.33 bits per heavy atom. The zero-order valence-corrected chi connectivity index (χ0v) is 12.9. The van der Waals surface area contributed by atoms with E-state index in [0.717, 1.165) is 5.56 Å². The van der Waals surface area contributed by atoms with Crippen molar-refractivity contribution < 1.29 is 19.4 Å². The fourth-order valence-electron chi connectivity index (χ4n) is 1.95. The Morgan fingerprint density at radius 1 is 1.19 bits per heavy atom. The van der Waals surface area contributed by atoms with Crippen LogP contribution in [0.25, 0.3) is 0 Å². The molecule has 1 rings (SSSR count). The molecule has 0 heterocycles. The highest BCUT2D eigenvalue weighted by Crippen LogP contribution is 2.25. The van der Waals surface area contributed by atoms with Gasteiger partial charge in [-0.15, -0.1) is 0 Å². The average molecular weight is 292 g/mol. The van der Waals surface area contributed by atoms with Crippen LogP contribution < -0.4 is 15.2 Å². The Balaban J connectivity index is 2.63. The van der Waals surface area contributed by atoms with Crippen LogP contribution in [0.1, 0.15) is 39.2 Å². The molecule has 0 saturated carbocycles. The molecule has 116 valence electrons. The van der Waals surface area contributed by atoms with Crippen molar-refractivity contribution in [2.75, 3.05) is 6.61 Å². The van der Waals surface area contributed by atoms with Crippen LogP contribution in [-0.4, -0.2) is 24.5 Å². The highest BCUT2D eigenvalue weighted by molar-refractivity contribution is 5.83. The lowest BCUT2D eigenvalue weighted by atomic mass is 10.0. The van der Waals surface area contributed by atoms with Gasteiger partial charge in [0.15, 0.2) is 6.61 Å². The van der Waals surface area contributed by atoms with Crippen molar-refractivity contribution in [3.05, 3.63) is 29.8 Å². The number of nitrogens with one attached hydrogen (secondary N) is 1. The molecule has 0 fully saturated rings. The fourth-order valence-corrected chi connectivity index (χ4v) is 1.95. The van der Waals surface area contributed by atoms with Gasteiger partial charge in [0, 0.05) is 0 Å². The van der Waals surface area contributed by atoms with E-state index in [1.807, 2.05) is 32.0 Å². The molecule has 5 heteroatoms. The predicted octanol–water partition coefficient (Wildman–Crippen LogP) is 1.08. The van der Waals surface area contributed by atoms with Gasteiger partial charge in [-0.25, -0.2) is 0 Å². The molecule has 0 aliphatic carbocycles. The maximum Gasteiger partial charge on any atom is 0.258 e. The number of ether oxygens (including phenoxy) is 1. The van der Waals surface area contributed by atoms with Crippen molar-refractivity contribution in [1.29, 1.82) is 0 Å². The SMILES string of the molecule is CC(C)c1ccccc1OCC(=O)N[C@@H](C(=O)[O-])C(C)C. The van der Waals surface area contributed by atoms with Crippen LogP contribution in [0.4, 0.5) is 0 Å². The van der Waals surface area contributed by atoms with Crippen molar-refractivity contribution in [1.82, 2.24) is 5.32 Å². The van der Waals surface area contributed by atoms with Crippen LogP contribution in [-0.2, 0) is 9.59 Å². The summed E-state index contributed by atoms with van der Waals surface area (Å²) in [5.41, 5.74) is 1.01. The number of benzene rings is 1. The molecule has 0 saturated heterocycles. The summed E-state index contributed by atoms with van der Waals surface area (Å²) in [6, 6.07) is 6.46. The van der Waals surface area contributed by atoms with Crippen LogP contribution in [0.5, 0.6) is 5.75 Å². The van der Waals surface area contributed by atoms with Gasteiger partial charge in [-0.3, -0.25) is 4.79 Å². The summed E-state index contributed by atoms with van der Waals surface area (Å²) in [5.74, 6) is -1.10. The largest absolute Gasteiger partial charge is 0.548 e. The number of hydrogen-bond donors (Lipinski definition) is 1. The molecular formula is C16H22NO4-. The molecule has 1 aromatic rings. The van der Waals surface area contributed by atoms with Gasteiger partial charge in [-0.05, 0) is 23.5 Å². The quantitative estimate of drug-likeness (QED) is 0.815. The van der Waals surface area contributed by atoms with Crippen LogP contribution in [0.2, 0.25) is 0 Å². The number of carboxylic acid groups (broad SMARTS) is 1. The topological polar surface area (TPSA) is 78.5 Å². The minimum absolute atomic E-state index is 0.222. The van der Waals surface area contributed by atoms with Crippen molar-refractivity contribution in [2.45, 2.75) is 39.7 Å². The van der Waals surface area contributed by atoms with Gasteiger partial charge < -0.3 is 20.0 Å².